The Morgan fingerprint density at radius 3 is 3.11 bits per heavy atom. The van der Waals surface area contributed by atoms with Crippen molar-refractivity contribution in [1.82, 2.24) is 4.90 Å². The second-order valence-corrected chi connectivity index (χ2v) is 5.47. The predicted molar refractivity (Wildman–Crippen MR) is 78.6 cm³/mol. The van der Waals surface area contributed by atoms with Crippen molar-refractivity contribution in [3.8, 4) is 0 Å². The van der Waals surface area contributed by atoms with Crippen molar-refractivity contribution >= 4 is 11.4 Å². The lowest BCUT2D eigenvalue weighted by atomic mass is 10.1. The summed E-state index contributed by atoms with van der Waals surface area (Å²) in [6.45, 7) is 8.40. The van der Waals surface area contributed by atoms with Crippen LogP contribution < -0.4 is 10.6 Å². The predicted octanol–water partition coefficient (Wildman–Crippen LogP) is 1.35. The van der Waals surface area contributed by atoms with Crippen LogP contribution in [0.4, 0.5) is 11.4 Å². The number of nitrogens with zero attached hydrogens (tertiary/aromatic N) is 2. The lowest BCUT2D eigenvalue weighted by molar-refractivity contribution is -0.0219. The monoisotopic (exact) mass is 261 g/mol. The molecule has 0 saturated carbocycles. The highest BCUT2D eigenvalue weighted by molar-refractivity contribution is 5.63. The molecule has 0 spiro atoms. The third-order valence-corrected chi connectivity index (χ3v) is 4.19. The van der Waals surface area contributed by atoms with Gasteiger partial charge in [0.05, 0.1) is 12.7 Å². The van der Waals surface area contributed by atoms with E-state index in [1.165, 1.54) is 11.3 Å². The van der Waals surface area contributed by atoms with Gasteiger partial charge in [-0.15, -0.1) is 0 Å². The summed E-state index contributed by atoms with van der Waals surface area (Å²) in [6.07, 6.45) is 1.43. The van der Waals surface area contributed by atoms with Crippen molar-refractivity contribution in [1.29, 1.82) is 0 Å². The van der Waals surface area contributed by atoms with E-state index < -0.39 is 0 Å². The van der Waals surface area contributed by atoms with E-state index in [0.29, 0.717) is 6.10 Å². The molecule has 2 N–H and O–H groups in total. The first-order valence-electron chi connectivity index (χ1n) is 7.23. The average Bonchev–Trinajstić information content (AvgIpc) is 2.81. The molecule has 3 rings (SSSR count). The maximum Gasteiger partial charge on any atom is 0.0877 e. The summed E-state index contributed by atoms with van der Waals surface area (Å²) < 4.78 is 5.90. The van der Waals surface area contributed by atoms with Crippen LogP contribution in [0.2, 0.25) is 0 Å². The van der Waals surface area contributed by atoms with Gasteiger partial charge in [0.25, 0.3) is 0 Å². The third kappa shape index (κ3) is 2.69. The summed E-state index contributed by atoms with van der Waals surface area (Å²) in [5.74, 6) is 0. The van der Waals surface area contributed by atoms with Gasteiger partial charge in [-0.1, -0.05) is 6.92 Å². The van der Waals surface area contributed by atoms with Crippen LogP contribution in [-0.2, 0) is 11.2 Å². The molecule has 1 aromatic carbocycles. The number of hydrogen-bond acceptors (Lipinski definition) is 4. The van der Waals surface area contributed by atoms with Crippen molar-refractivity contribution in [2.75, 3.05) is 50.0 Å². The molecule has 0 amide bonds. The Morgan fingerprint density at radius 2 is 2.26 bits per heavy atom. The topological polar surface area (TPSA) is 41.7 Å². The molecule has 4 nitrogen and oxygen atoms in total. The van der Waals surface area contributed by atoms with Crippen LogP contribution in [0.1, 0.15) is 12.5 Å². The number of fused-ring (bicyclic) bond motifs is 1. The molecule has 4 heteroatoms. The summed E-state index contributed by atoms with van der Waals surface area (Å²) in [6, 6.07) is 6.25. The zero-order valence-electron chi connectivity index (χ0n) is 11.6. The maximum absolute atomic E-state index is 5.90. The molecule has 2 aliphatic rings. The number of ether oxygens (including phenoxy) is 1. The molecule has 0 radical (unpaired) electrons. The molecule has 0 aliphatic carbocycles. The summed E-state index contributed by atoms with van der Waals surface area (Å²) >= 11 is 0. The Morgan fingerprint density at radius 1 is 1.37 bits per heavy atom. The number of nitrogen functional groups attached to an aromatic ring is 1. The van der Waals surface area contributed by atoms with E-state index in [9.17, 15) is 0 Å². The van der Waals surface area contributed by atoms with Crippen molar-refractivity contribution in [2.24, 2.45) is 0 Å². The minimum atomic E-state index is 0.331. The fraction of sp³-hybridized carbons (Fsp3) is 0.600. The quantitative estimate of drug-likeness (QED) is 0.834. The molecule has 1 saturated heterocycles. The molecule has 1 unspecified atom stereocenters. The van der Waals surface area contributed by atoms with Gasteiger partial charge in [0.1, 0.15) is 0 Å². The van der Waals surface area contributed by atoms with E-state index in [4.69, 9.17) is 10.5 Å². The molecule has 2 aliphatic heterocycles. The lowest BCUT2D eigenvalue weighted by Crippen LogP contribution is -2.47. The van der Waals surface area contributed by atoms with Crippen LogP contribution in [0.25, 0.3) is 0 Å². The Kier molecular flexibility index (Phi) is 3.62. The van der Waals surface area contributed by atoms with Gasteiger partial charge in [-0.2, -0.15) is 0 Å². The largest absolute Gasteiger partial charge is 0.399 e. The fourth-order valence-corrected chi connectivity index (χ4v) is 3.10. The molecular weight excluding hydrogens is 238 g/mol. The van der Waals surface area contributed by atoms with E-state index in [1.807, 2.05) is 6.07 Å². The Hall–Kier alpha value is -1.26. The van der Waals surface area contributed by atoms with Crippen LogP contribution >= 0.6 is 0 Å². The fourth-order valence-electron chi connectivity index (χ4n) is 3.10. The normalized spacial score (nSPS) is 23.6. The zero-order chi connectivity index (χ0) is 13.2. The smallest absolute Gasteiger partial charge is 0.0877 e. The third-order valence-electron chi connectivity index (χ3n) is 4.19. The molecule has 1 aromatic rings. The Bertz CT molecular complexity index is 449. The lowest BCUT2D eigenvalue weighted by Gasteiger charge is -2.34. The molecule has 104 valence electrons. The number of hydrogen-bond donors (Lipinski definition) is 1. The van der Waals surface area contributed by atoms with Gasteiger partial charge in [-0.3, -0.25) is 4.90 Å². The second kappa shape index (κ2) is 5.39. The van der Waals surface area contributed by atoms with Crippen LogP contribution in [0.5, 0.6) is 0 Å². The average molecular weight is 261 g/mol. The zero-order valence-corrected chi connectivity index (χ0v) is 11.6. The number of nitrogens with two attached hydrogens (primary N) is 1. The summed E-state index contributed by atoms with van der Waals surface area (Å²) in [7, 11) is 0. The first-order valence-corrected chi connectivity index (χ1v) is 7.23. The van der Waals surface area contributed by atoms with Crippen LogP contribution in [0.15, 0.2) is 18.2 Å². The standard InChI is InChI=1S/C15H23N3O/c1-2-17-7-8-19-14(10-17)11-18-6-5-12-9-13(16)3-4-15(12)18/h3-4,9,14H,2,5-8,10-11,16H2,1H3. The van der Waals surface area contributed by atoms with Gasteiger partial charge in [-0.25, -0.2) is 0 Å². The number of benzene rings is 1. The molecular formula is C15H23N3O. The van der Waals surface area contributed by atoms with Crippen LogP contribution in [-0.4, -0.2) is 50.3 Å². The summed E-state index contributed by atoms with van der Waals surface area (Å²) in [5.41, 5.74) is 9.43. The molecule has 2 heterocycles. The molecule has 0 bridgehead atoms. The highest BCUT2D eigenvalue weighted by Gasteiger charge is 2.25. The van der Waals surface area contributed by atoms with E-state index >= 15 is 0 Å². The van der Waals surface area contributed by atoms with Crippen LogP contribution in [0.3, 0.4) is 0 Å². The first kappa shape index (κ1) is 12.8. The number of anilines is 2. The van der Waals surface area contributed by atoms with Gasteiger partial charge in [-0.05, 0) is 36.7 Å². The highest BCUT2D eigenvalue weighted by atomic mass is 16.5. The van der Waals surface area contributed by atoms with E-state index in [2.05, 4.69) is 28.9 Å². The van der Waals surface area contributed by atoms with Crippen molar-refractivity contribution in [3.63, 3.8) is 0 Å². The minimum absolute atomic E-state index is 0.331. The van der Waals surface area contributed by atoms with E-state index in [1.54, 1.807) is 0 Å². The first-order chi connectivity index (χ1) is 9.26. The Balaban J connectivity index is 1.66. The SMILES string of the molecule is CCN1CCOC(CN2CCc3cc(N)ccc32)C1. The Labute approximate surface area is 115 Å². The van der Waals surface area contributed by atoms with Crippen LogP contribution in [0, 0.1) is 0 Å². The molecule has 19 heavy (non-hydrogen) atoms. The van der Waals surface area contributed by atoms with Crippen molar-refractivity contribution in [3.05, 3.63) is 23.8 Å². The van der Waals surface area contributed by atoms with Crippen molar-refractivity contribution in [2.45, 2.75) is 19.4 Å². The van der Waals surface area contributed by atoms with Gasteiger partial charge in [0, 0.05) is 37.6 Å². The maximum atomic E-state index is 5.90. The van der Waals surface area contributed by atoms with Gasteiger partial charge in [0.15, 0.2) is 0 Å². The van der Waals surface area contributed by atoms with Crippen molar-refractivity contribution < 1.29 is 4.74 Å². The summed E-state index contributed by atoms with van der Waals surface area (Å²) in [5, 5.41) is 0. The molecule has 1 atom stereocenters. The van der Waals surface area contributed by atoms with Gasteiger partial charge < -0.3 is 15.4 Å². The summed E-state index contributed by atoms with van der Waals surface area (Å²) in [4.78, 5) is 4.91. The number of morpholine rings is 1. The van der Waals surface area contributed by atoms with Gasteiger partial charge in [0.2, 0.25) is 0 Å². The minimum Gasteiger partial charge on any atom is -0.399 e. The van der Waals surface area contributed by atoms with E-state index in [0.717, 1.165) is 51.4 Å². The van der Waals surface area contributed by atoms with Gasteiger partial charge >= 0.3 is 0 Å². The number of rotatable bonds is 3. The highest BCUT2D eigenvalue weighted by Crippen LogP contribution is 2.30. The number of likely N-dealkylation sites (N-methyl/N-ethyl adjacent to an activating group) is 1. The van der Waals surface area contributed by atoms with E-state index in [-0.39, 0.29) is 0 Å². The second-order valence-electron chi connectivity index (χ2n) is 5.47. The molecule has 0 aromatic heterocycles. The molecule has 1 fully saturated rings.